The fraction of sp³-hybridized carbons (Fsp3) is 0.455. The zero-order valence-electron chi connectivity index (χ0n) is 17.5. The van der Waals surface area contributed by atoms with E-state index in [1.165, 1.54) is 37.4 Å². The fourth-order valence-electron chi connectivity index (χ4n) is 3.53. The molecule has 31 heavy (non-hydrogen) atoms. The highest BCUT2D eigenvalue weighted by Gasteiger charge is 2.18. The van der Waals surface area contributed by atoms with Crippen LogP contribution in [0.25, 0.3) is 0 Å². The largest absolute Gasteiger partial charge is 0.511 e. The average molecular weight is 448 g/mol. The van der Waals surface area contributed by atoms with Gasteiger partial charge in [0.1, 0.15) is 11.5 Å². The Morgan fingerprint density at radius 1 is 1.23 bits per heavy atom. The van der Waals surface area contributed by atoms with E-state index >= 15 is 0 Å². The summed E-state index contributed by atoms with van der Waals surface area (Å²) in [6.45, 7) is 3.01. The van der Waals surface area contributed by atoms with Gasteiger partial charge in [-0.15, -0.1) is 0 Å². The number of nitrogens with zero attached hydrogens (tertiary/aromatic N) is 2. The number of carbonyl (C=O) groups is 1. The zero-order chi connectivity index (χ0) is 22.1. The summed E-state index contributed by atoms with van der Waals surface area (Å²) in [6, 6.07) is 5.57. The Balaban J connectivity index is 1.44. The Kier molecular flexibility index (Phi) is 8.25. The SMILES string of the molecule is O=C(CS(=O)(=O)Cc1ccoc1)NCC(O)=CCc1cc(CN2CCCCC2)ccn1. The Bertz CT molecular complexity index is 980. The number of piperidine rings is 1. The molecule has 0 spiro atoms. The van der Waals surface area contributed by atoms with Gasteiger partial charge in [0.25, 0.3) is 0 Å². The number of pyridine rings is 1. The van der Waals surface area contributed by atoms with E-state index in [0.717, 1.165) is 25.3 Å². The van der Waals surface area contributed by atoms with Crippen molar-refractivity contribution in [3.63, 3.8) is 0 Å². The van der Waals surface area contributed by atoms with Gasteiger partial charge in [-0.1, -0.05) is 6.42 Å². The van der Waals surface area contributed by atoms with E-state index in [9.17, 15) is 18.3 Å². The van der Waals surface area contributed by atoms with Crippen molar-refractivity contribution >= 4 is 15.7 Å². The lowest BCUT2D eigenvalue weighted by atomic mass is 10.1. The summed E-state index contributed by atoms with van der Waals surface area (Å²) in [6.07, 6.45) is 10.3. The number of hydrogen-bond acceptors (Lipinski definition) is 7. The maximum atomic E-state index is 12.0. The zero-order valence-corrected chi connectivity index (χ0v) is 18.3. The van der Waals surface area contributed by atoms with E-state index in [1.807, 2.05) is 12.1 Å². The Morgan fingerprint density at radius 3 is 2.77 bits per heavy atom. The molecule has 1 amide bonds. The van der Waals surface area contributed by atoms with Crippen LogP contribution in [-0.4, -0.2) is 54.7 Å². The molecule has 9 heteroatoms. The minimum Gasteiger partial charge on any atom is -0.511 e. The molecule has 0 unspecified atom stereocenters. The second-order valence-corrected chi connectivity index (χ2v) is 9.90. The minimum absolute atomic E-state index is 0.0381. The van der Waals surface area contributed by atoms with E-state index in [2.05, 4.69) is 15.2 Å². The molecule has 0 atom stereocenters. The van der Waals surface area contributed by atoms with Crippen molar-refractivity contribution in [2.24, 2.45) is 0 Å². The van der Waals surface area contributed by atoms with Crippen molar-refractivity contribution in [1.29, 1.82) is 0 Å². The van der Waals surface area contributed by atoms with Crippen molar-refractivity contribution in [3.05, 3.63) is 65.6 Å². The molecule has 2 aromatic heterocycles. The predicted molar refractivity (Wildman–Crippen MR) is 117 cm³/mol. The second-order valence-electron chi connectivity index (χ2n) is 7.83. The third-order valence-electron chi connectivity index (χ3n) is 5.07. The van der Waals surface area contributed by atoms with Gasteiger partial charge in [0.2, 0.25) is 5.91 Å². The first-order valence-corrected chi connectivity index (χ1v) is 12.2. The molecule has 3 rings (SSSR count). The number of nitrogens with one attached hydrogen (secondary N) is 1. The van der Waals surface area contributed by atoms with Crippen LogP contribution in [0.1, 0.15) is 36.1 Å². The Hall–Kier alpha value is -2.65. The molecule has 1 aliphatic rings. The van der Waals surface area contributed by atoms with Gasteiger partial charge in [-0.05, 0) is 55.8 Å². The summed E-state index contributed by atoms with van der Waals surface area (Å²) in [5.41, 5.74) is 2.51. The molecule has 0 aliphatic carbocycles. The highest BCUT2D eigenvalue weighted by atomic mass is 32.2. The molecular weight excluding hydrogens is 418 g/mol. The van der Waals surface area contributed by atoms with Crippen LogP contribution in [-0.2, 0) is 33.4 Å². The van der Waals surface area contributed by atoms with Crippen molar-refractivity contribution in [1.82, 2.24) is 15.2 Å². The van der Waals surface area contributed by atoms with Crippen molar-refractivity contribution in [3.8, 4) is 0 Å². The number of aliphatic hydroxyl groups excluding tert-OH is 1. The minimum atomic E-state index is -3.61. The smallest absolute Gasteiger partial charge is 0.235 e. The lowest BCUT2D eigenvalue weighted by molar-refractivity contribution is -0.118. The van der Waals surface area contributed by atoms with Gasteiger partial charge in [0, 0.05) is 30.4 Å². The first kappa shape index (κ1) is 23.0. The Labute approximate surface area is 182 Å². The molecule has 0 bridgehead atoms. The van der Waals surface area contributed by atoms with Gasteiger partial charge in [-0.25, -0.2) is 8.42 Å². The number of aromatic nitrogens is 1. The predicted octanol–water partition coefficient (Wildman–Crippen LogP) is 2.38. The molecular formula is C22H29N3O5S. The Morgan fingerprint density at radius 2 is 2.03 bits per heavy atom. The van der Waals surface area contributed by atoms with Gasteiger partial charge in [-0.3, -0.25) is 14.7 Å². The monoisotopic (exact) mass is 447 g/mol. The molecule has 1 fully saturated rings. The van der Waals surface area contributed by atoms with Crippen molar-refractivity contribution in [2.45, 2.75) is 38.0 Å². The van der Waals surface area contributed by atoms with E-state index in [-0.39, 0.29) is 18.1 Å². The first-order chi connectivity index (χ1) is 14.9. The van der Waals surface area contributed by atoms with Crippen LogP contribution in [0.2, 0.25) is 0 Å². The van der Waals surface area contributed by atoms with Gasteiger partial charge < -0.3 is 14.8 Å². The van der Waals surface area contributed by atoms with Crippen molar-refractivity contribution < 1.29 is 22.7 Å². The standard InChI is InChI=1S/C22H29N3O5S/c26-21(13-24-22(27)17-31(28,29)16-19-7-11-30-15-19)5-4-20-12-18(6-8-23-20)14-25-9-2-1-3-10-25/h5-8,11-12,15,26H,1-4,9-10,13-14,16-17H2,(H,24,27). The molecule has 8 nitrogen and oxygen atoms in total. The third kappa shape index (κ3) is 8.18. The number of amides is 1. The summed E-state index contributed by atoms with van der Waals surface area (Å²) in [5.74, 6) is -1.61. The van der Waals surface area contributed by atoms with Gasteiger partial charge in [0.15, 0.2) is 9.84 Å². The number of aliphatic hydroxyl groups is 1. The van der Waals surface area contributed by atoms with Gasteiger partial charge in [-0.2, -0.15) is 0 Å². The number of sulfone groups is 1. The molecule has 0 saturated carbocycles. The summed E-state index contributed by atoms with van der Waals surface area (Å²) in [4.78, 5) is 18.7. The quantitative estimate of drug-likeness (QED) is 0.538. The summed E-state index contributed by atoms with van der Waals surface area (Å²) in [7, 11) is -3.61. The molecule has 2 aromatic rings. The lowest BCUT2D eigenvalue weighted by Gasteiger charge is -2.26. The van der Waals surface area contributed by atoms with E-state index in [0.29, 0.717) is 12.0 Å². The van der Waals surface area contributed by atoms with Crippen LogP contribution in [0, 0.1) is 0 Å². The maximum Gasteiger partial charge on any atom is 0.235 e. The maximum absolute atomic E-state index is 12.0. The van der Waals surface area contributed by atoms with Crippen LogP contribution in [0.15, 0.2) is 53.2 Å². The number of furan rings is 1. The normalized spacial score (nSPS) is 15.7. The van der Waals surface area contributed by atoms with E-state index < -0.39 is 21.5 Å². The molecule has 0 aromatic carbocycles. The lowest BCUT2D eigenvalue weighted by Crippen LogP contribution is -2.32. The molecule has 1 aliphatic heterocycles. The van der Waals surface area contributed by atoms with E-state index in [1.54, 1.807) is 18.3 Å². The van der Waals surface area contributed by atoms with Crippen LogP contribution in [0.5, 0.6) is 0 Å². The number of carbonyl (C=O) groups excluding carboxylic acids is 1. The number of likely N-dealkylation sites (tertiary alicyclic amines) is 1. The highest BCUT2D eigenvalue weighted by Crippen LogP contribution is 2.13. The molecule has 1 saturated heterocycles. The van der Waals surface area contributed by atoms with Crippen molar-refractivity contribution in [2.75, 3.05) is 25.4 Å². The number of rotatable bonds is 10. The van der Waals surface area contributed by atoms with Crippen LogP contribution < -0.4 is 5.32 Å². The van der Waals surface area contributed by atoms with Crippen LogP contribution in [0.4, 0.5) is 0 Å². The first-order valence-electron chi connectivity index (χ1n) is 10.4. The van der Waals surface area contributed by atoms with Crippen LogP contribution >= 0.6 is 0 Å². The van der Waals surface area contributed by atoms with Gasteiger partial charge in [0.05, 0.1) is 24.8 Å². The highest BCUT2D eigenvalue weighted by molar-refractivity contribution is 7.91. The van der Waals surface area contributed by atoms with Gasteiger partial charge >= 0.3 is 0 Å². The molecule has 168 valence electrons. The average Bonchev–Trinajstić information content (AvgIpc) is 3.23. The number of hydrogen-bond donors (Lipinski definition) is 2. The second kappa shape index (κ2) is 11.1. The molecule has 0 radical (unpaired) electrons. The van der Waals surface area contributed by atoms with E-state index in [4.69, 9.17) is 4.42 Å². The summed E-state index contributed by atoms with van der Waals surface area (Å²) >= 11 is 0. The van der Waals surface area contributed by atoms with Crippen LogP contribution in [0.3, 0.4) is 0 Å². The molecule has 2 N–H and O–H groups in total. The molecule has 3 heterocycles. The summed E-state index contributed by atoms with van der Waals surface area (Å²) < 4.78 is 28.9. The fourth-order valence-corrected chi connectivity index (χ4v) is 4.80. The number of allylic oxidation sites excluding steroid dienone is 1. The third-order valence-corrected chi connectivity index (χ3v) is 6.54. The summed E-state index contributed by atoms with van der Waals surface area (Å²) in [5, 5.41) is 12.5. The topological polar surface area (TPSA) is 113 Å².